The number of Topliss-reactive ketones (excluding diaryl/α,β-unsaturated/α-hetero) is 1. The Morgan fingerprint density at radius 1 is 1.29 bits per heavy atom. The lowest BCUT2D eigenvalue weighted by Crippen LogP contribution is -2.33. The van der Waals surface area contributed by atoms with Gasteiger partial charge < -0.3 is 10.0 Å². The highest BCUT2D eigenvalue weighted by Gasteiger charge is 2.10. The van der Waals surface area contributed by atoms with Crippen LogP contribution in [-0.2, 0) is 0 Å². The third-order valence-corrected chi connectivity index (χ3v) is 2.81. The zero-order chi connectivity index (χ0) is 12.8. The molecule has 0 heterocycles. The second-order valence-corrected chi connectivity index (χ2v) is 4.33. The van der Waals surface area contributed by atoms with Crippen molar-refractivity contribution in [1.82, 2.24) is 0 Å². The van der Waals surface area contributed by atoms with Gasteiger partial charge in [-0.1, -0.05) is 6.92 Å². The summed E-state index contributed by atoms with van der Waals surface area (Å²) in [6, 6.07) is 7.92. The maximum atomic E-state index is 11.5. The molecule has 1 aromatic rings. The van der Waals surface area contributed by atoms with Crippen LogP contribution in [0.4, 0.5) is 5.69 Å². The monoisotopic (exact) mass is 235 g/mol. The average Bonchev–Trinajstić information content (AvgIpc) is 2.35. The van der Waals surface area contributed by atoms with Gasteiger partial charge in [0.1, 0.15) is 0 Å². The fourth-order valence-corrected chi connectivity index (χ4v) is 1.84. The van der Waals surface area contributed by atoms with Gasteiger partial charge in [-0.2, -0.15) is 0 Å². The van der Waals surface area contributed by atoms with Gasteiger partial charge in [-0.3, -0.25) is 4.79 Å². The Kier molecular flexibility index (Phi) is 5.16. The molecule has 0 unspecified atom stereocenters. The second kappa shape index (κ2) is 6.40. The van der Waals surface area contributed by atoms with Crippen molar-refractivity contribution in [3.8, 4) is 0 Å². The Labute approximate surface area is 103 Å². The summed E-state index contributed by atoms with van der Waals surface area (Å²) in [6.45, 7) is 6.77. The van der Waals surface area contributed by atoms with E-state index in [0.717, 1.165) is 11.3 Å². The molecule has 0 aliphatic heterocycles. The summed E-state index contributed by atoms with van der Waals surface area (Å²) < 4.78 is 0. The van der Waals surface area contributed by atoms with Gasteiger partial charge in [0.2, 0.25) is 0 Å². The van der Waals surface area contributed by atoms with E-state index in [0.29, 0.717) is 19.0 Å². The second-order valence-electron chi connectivity index (χ2n) is 4.33. The Balaban J connectivity index is 2.88. The van der Waals surface area contributed by atoms with E-state index in [2.05, 4.69) is 18.7 Å². The quantitative estimate of drug-likeness (QED) is 0.770. The summed E-state index contributed by atoms with van der Waals surface area (Å²) >= 11 is 0. The fraction of sp³-hybridized carbons (Fsp3) is 0.500. The zero-order valence-electron chi connectivity index (χ0n) is 10.8. The molecule has 0 saturated heterocycles. The number of aliphatic hydroxyl groups excluding tert-OH is 1. The van der Waals surface area contributed by atoms with E-state index in [4.69, 9.17) is 5.11 Å². The van der Waals surface area contributed by atoms with Crippen molar-refractivity contribution in [3.63, 3.8) is 0 Å². The Hall–Kier alpha value is -1.35. The molecule has 3 heteroatoms. The van der Waals surface area contributed by atoms with Gasteiger partial charge in [0.05, 0.1) is 6.61 Å². The molecular weight excluding hydrogens is 214 g/mol. The minimum Gasteiger partial charge on any atom is -0.395 e. The number of aliphatic hydroxyl groups is 1. The third kappa shape index (κ3) is 3.56. The van der Waals surface area contributed by atoms with Crippen LogP contribution in [-0.4, -0.2) is 30.1 Å². The highest BCUT2D eigenvalue weighted by atomic mass is 16.3. The molecule has 0 fully saturated rings. The van der Waals surface area contributed by atoms with E-state index in [1.807, 2.05) is 31.2 Å². The minimum atomic E-state index is 0.133. The summed E-state index contributed by atoms with van der Waals surface area (Å²) in [6.07, 6.45) is 0.532. The van der Waals surface area contributed by atoms with Crippen LogP contribution in [0.1, 0.15) is 37.6 Å². The molecule has 0 saturated carbocycles. The van der Waals surface area contributed by atoms with Gasteiger partial charge in [-0.25, -0.2) is 0 Å². The van der Waals surface area contributed by atoms with Gasteiger partial charge in [-0.05, 0) is 38.1 Å². The van der Waals surface area contributed by atoms with Crippen molar-refractivity contribution in [2.45, 2.75) is 33.2 Å². The number of carbonyl (C=O) groups excluding carboxylic acids is 1. The Morgan fingerprint density at radius 2 is 1.88 bits per heavy atom. The lowest BCUT2D eigenvalue weighted by molar-refractivity contribution is 0.0988. The van der Waals surface area contributed by atoms with Gasteiger partial charge in [0.15, 0.2) is 5.78 Å². The lowest BCUT2D eigenvalue weighted by Gasteiger charge is -2.28. The van der Waals surface area contributed by atoms with Crippen LogP contribution in [0.3, 0.4) is 0 Å². The van der Waals surface area contributed by atoms with Crippen molar-refractivity contribution in [1.29, 1.82) is 0 Å². The molecule has 0 atom stereocenters. The number of hydrogen-bond acceptors (Lipinski definition) is 3. The topological polar surface area (TPSA) is 40.5 Å². The van der Waals surface area contributed by atoms with E-state index >= 15 is 0 Å². The first-order valence-corrected chi connectivity index (χ1v) is 6.11. The molecule has 94 valence electrons. The first kappa shape index (κ1) is 13.7. The minimum absolute atomic E-state index is 0.133. The summed E-state index contributed by atoms with van der Waals surface area (Å²) in [5.74, 6) is 0.162. The summed E-state index contributed by atoms with van der Waals surface area (Å²) in [7, 11) is 0. The Morgan fingerprint density at radius 3 is 2.29 bits per heavy atom. The SMILES string of the molecule is CCC(=O)c1ccc(N(CCO)C(C)C)cc1. The number of hydrogen-bond donors (Lipinski definition) is 1. The molecule has 0 spiro atoms. The number of nitrogens with zero attached hydrogens (tertiary/aromatic N) is 1. The van der Waals surface area contributed by atoms with E-state index < -0.39 is 0 Å². The van der Waals surface area contributed by atoms with Crippen molar-refractivity contribution < 1.29 is 9.90 Å². The predicted octanol–water partition coefficient (Wildman–Crippen LogP) is 2.49. The molecule has 0 aromatic heterocycles. The van der Waals surface area contributed by atoms with E-state index in [-0.39, 0.29) is 12.4 Å². The molecule has 0 radical (unpaired) electrons. The number of carbonyl (C=O) groups is 1. The fourth-order valence-electron chi connectivity index (χ4n) is 1.84. The molecule has 0 amide bonds. The molecule has 1 rings (SSSR count). The van der Waals surface area contributed by atoms with Crippen molar-refractivity contribution >= 4 is 11.5 Å². The number of ketones is 1. The van der Waals surface area contributed by atoms with Gasteiger partial charge in [0, 0.05) is 30.3 Å². The molecule has 1 aromatic carbocycles. The average molecular weight is 235 g/mol. The summed E-state index contributed by atoms with van der Waals surface area (Å²) in [5.41, 5.74) is 1.80. The third-order valence-electron chi connectivity index (χ3n) is 2.81. The van der Waals surface area contributed by atoms with Gasteiger partial charge in [-0.15, -0.1) is 0 Å². The van der Waals surface area contributed by atoms with Crippen LogP contribution >= 0.6 is 0 Å². The highest BCUT2D eigenvalue weighted by Crippen LogP contribution is 2.18. The standard InChI is InChI=1S/C14H21NO2/c1-4-14(17)12-5-7-13(8-6-12)15(9-10-16)11(2)3/h5-8,11,16H,4,9-10H2,1-3H3. The molecule has 1 N–H and O–H groups in total. The molecule has 0 aliphatic carbocycles. The van der Waals surface area contributed by atoms with Crippen LogP contribution < -0.4 is 4.90 Å². The molecular formula is C14H21NO2. The summed E-state index contributed by atoms with van der Waals surface area (Å²) in [5, 5.41) is 9.03. The maximum absolute atomic E-state index is 11.5. The van der Waals surface area contributed by atoms with E-state index in [9.17, 15) is 4.79 Å². The van der Waals surface area contributed by atoms with Crippen LogP contribution in [0, 0.1) is 0 Å². The number of benzene rings is 1. The Bertz CT molecular complexity index is 357. The van der Waals surface area contributed by atoms with Crippen molar-refractivity contribution in [2.24, 2.45) is 0 Å². The van der Waals surface area contributed by atoms with E-state index in [1.54, 1.807) is 0 Å². The van der Waals surface area contributed by atoms with Crippen molar-refractivity contribution in [2.75, 3.05) is 18.1 Å². The van der Waals surface area contributed by atoms with E-state index in [1.165, 1.54) is 0 Å². The summed E-state index contributed by atoms with van der Waals surface area (Å²) in [4.78, 5) is 13.6. The van der Waals surface area contributed by atoms with Gasteiger partial charge in [0.25, 0.3) is 0 Å². The molecule has 17 heavy (non-hydrogen) atoms. The zero-order valence-corrected chi connectivity index (χ0v) is 10.8. The number of anilines is 1. The number of rotatable bonds is 6. The van der Waals surface area contributed by atoms with Crippen molar-refractivity contribution in [3.05, 3.63) is 29.8 Å². The van der Waals surface area contributed by atoms with Crippen LogP contribution in [0.2, 0.25) is 0 Å². The normalized spacial score (nSPS) is 10.6. The molecule has 0 aliphatic rings. The first-order chi connectivity index (χ1) is 8.10. The first-order valence-electron chi connectivity index (χ1n) is 6.11. The van der Waals surface area contributed by atoms with Crippen LogP contribution in [0.25, 0.3) is 0 Å². The largest absolute Gasteiger partial charge is 0.395 e. The maximum Gasteiger partial charge on any atom is 0.162 e. The lowest BCUT2D eigenvalue weighted by atomic mass is 10.1. The molecule has 0 bridgehead atoms. The predicted molar refractivity (Wildman–Crippen MR) is 70.6 cm³/mol. The smallest absolute Gasteiger partial charge is 0.162 e. The van der Waals surface area contributed by atoms with Crippen LogP contribution in [0.15, 0.2) is 24.3 Å². The molecule has 3 nitrogen and oxygen atoms in total. The van der Waals surface area contributed by atoms with Gasteiger partial charge >= 0.3 is 0 Å². The highest BCUT2D eigenvalue weighted by molar-refractivity contribution is 5.96. The van der Waals surface area contributed by atoms with Crippen LogP contribution in [0.5, 0.6) is 0 Å².